The lowest BCUT2D eigenvalue weighted by Gasteiger charge is -2.31. The smallest absolute Gasteiger partial charge is 0.317 e. The van der Waals surface area contributed by atoms with Crippen molar-refractivity contribution >= 4 is 21.0 Å². The summed E-state index contributed by atoms with van der Waals surface area (Å²) in [4.78, 5) is 8.57. The summed E-state index contributed by atoms with van der Waals surface area (Å²) in [5.74, 6) is -0.198. The van der Waals surface area contributed by atoms with Crippen LogP contribution in [-0.2, 0) is 15.8 Å². The van der Waals surface area contributed by atoms with Crippen molar-refractivity contribution in [3.63, 3.8) is 0 Å². The Bertz CT molecular complexity index is 1080. The molecule has 1 aromatic carbocycles. The van der Waals surface area contributed by atoms with Crippen LogP contribution in [0.5, 0.6) is 6.01 Å². The first-order valence-corrected chi connectivity index (χ1v) is 10.8. The number of hydrogen-bond donors (Lipinski definition) is 0. The number of hydrogen-bond acceptors (Lipinski definition) is 7. The molecule has 8 nitrogen and oxygen atoms in total. The molecule has 3 heterocycles. The highest BCUT2D eigenvalue weighted by atomic mass is 32.2. The van der Waals surface area contributed by atoms with Crippen molar-refractivity contribution in [2.45, 2.75) is 38.5 Å². The van der Waals surface area contributed by atoms with E-state index in [0.29, 0.717) is 30.3 Å². The van der Waals surface area contributed by atoms with E-state index in [1.165, 1.54) is 4.31 Å². The van der Waals surface area contributed by atoms with Crippen LogP contribution in [0.25, 0.3) is 11.0 Å². The zero-order valence-corrected chi connectivity index (χ0v) is 16.6. The normalized spacial score (nSPS) is 18.4. The van der Waals surface area contributed by atoms with Crippen LogP contribution in [0.15, 0.2) is 34.9 Å². The number of nitrogens with zero attached hydrogens (tertiary/aromatic N) is 4. The summed E-state index contributed by atoms with van der Waals surface area (Å²) in [5, 5.41) is 4.67. The first-order chi connectivity index (χ1) is 13.4. The third kappa shape index (κ3) is 4.00. The van der Waals surface area contributed by atoms with Crippen LogP contribution in [0.1, 0.15) is 29.9 Å². The molecule has 1 aliphatic rings. The number of para-hydroxylation sites is 1. The Kier molecular flexibility index (Phi) is 5.03. The van der Waals surface area contributed by atoms with E-state index in [1.807, 2.05) is 38.1 Å². The number of benzene rings is 1. The van der Waals surface area contributed by atoms with Crippen molar-refractivity contribution < 1.29 is 17.7 Å². The summed E-state index contributed by atoms with van der Waals surface area (Å²) in [6, 6.07) is 9.41. The fraction of sp³-hybridized carbons (Fsp3) is 0.421. The van der Waals surface area contributed by atoms with Crippen LogP contribution in [0.2, 0.25) is 0 Å². The highest BCUT2D eigenvalue weighted by molar-refractivity contribution is 7.88. The maximum absolute atomic E-state index is 13.0. The molecule has 1 aliphatic heterocycles. The van der Waals surface area contributed by atoms with Crippen molar-refractivity contribution in [2.24, 2.45) is 0 Å². The van der Waals surface area contributed by atoms with Crippen molar-refractivity contribution in [2.75, 3.05) is 13.1 Å². The van der Waals surface area contributed by atoms with E-state index in [9.17, 15) is 8.42 Å². The van der Waals surface area contributed by atoms with E-state index in [-0.39, 0.29) is 18.4 Å². The molecule has 28 heavy (non-hydrogen) atoms. The van der Waals surface area contributed by atoms with Crippen LogP contribution in [-0.4, -0.2) is 47.0 Å². The zero-order chi connectivity index (χ0) is 19.7. The molecule has 0 bridgehead atoms. The molecule has 0 radical (unpaired) electrons. The van der Waals surface area contributed by atoms with E-state index >= 15 is 0 Å². The largest absolute Gasteiger partial charge is 0.459 e. The van der Waals surface area contributed by atoms with Crippen molar-refractivity contribution in [3.05, 3.63) is 47.4 Å². The van der Waals surface area contributed by atoms with Crippen LogP contribution < -0.4 is 4.74 Å². The summed E-state index contributed by atoms with van der Waals surface area (Å²) < 4.78 is 38.5. The quantitative estimate of drug-likeness (QED) is 0.647. The van der Waals surface area contributed by atoms with Gasteiger partial charge in [-0.15, -0.1) is 0 Å². The van der Waals surface area contributed by atoms with Gasteiger partial charge < -0.3 is 9.26 Å². The molecule has 1 atom stereocenters. The molecular weight excluding hydrogens is 380 g/mol. The molecule has 2 aromatic heterocycles. The third-order valence-corrected chi connectivity index (χ3v) is 6.50. The van der Waals surface area contributed by atoms with E-state index in [0.717, 1.165) is 23.2 Å². The molecule has 1 unspecified atom stereocenters. The lowest BCUT2D eigenvalue weighted by atomic mass is 10.1. The molecule has 9 heteroatoms. The molecule has 0 aliphatic carbocycles. The first kappa shape index (κ1) is 18.8. The van der Waals surface area contributed by atoms with Gasteiger partial charge >= 0.3 is 6.01 Å². The van der Waals surface area contributed by atoms with Gasteiger partial charge in [-0.1, -0.05) is 17.3 Å². The summed E-state index contributed by atoms with van der Waals surface area (Å²) in [6.07, 6.45) is 1.20. The Balaban J connectivity index is 1.48. The number of aryl methyl sites for hydroxylation is 2. The van der Waals surface area contributed by atoms with E-state index in [2.05, 4.69) is 15.1 Å². The van der Waals surface area contributed by atoms with Crippen molar-refractivity contribution in [3.8, 4) is 6.01 Å². The number of fused-ring (bicyclic) bond motifs is 1. The van der Waals surface area contributed by atoms with Gasteiger partial charge in [-0.3, -0.25) is 0 Å². The predicted molar refractivity (Wildman–Crippen MR) is 103 cm³/mol. The average Bonchev–Trinajstić information content (AvgIpc) is 3.04. The topological polar surface area (TPSA) is 98.4 Å². The summed E-state index contributed by atoms with van der Waals surface area (Å²) in [6.45, 7) is 4.49. The van der Waals surface area contributed by atoms with Crippen LogP contribution in [0.3, 0.4) is 0 Å². The SMILES string of the molecule is Cc1cc(C)nc(OC2CCCN(S(=O)(=O)Cc3noc4ccccc34)C2)n1. The van der Waals surface area contributed by atoms with Crippen LogP contribution >= 0.6 is 0 Å². The minimum Gasteiger partial charge on any atom is -0.459 e. The Morgan fingerprint density at radius 1 is 1.21 bits per heavy atom. The number of sulfonamides is 1. The summed E-state index contributed by atoms with van der Waals surface area (Å²) >= 11 is 0. The highest BCUT2D eigenvalue weighted by Gasteiger charge is 2.31. The van der Waals surface area contributed by atoms with Gasteiger partial charge in [0.05, 0.1) is 6.54 Å². The average molecular weight is 402 g/mol. The van der Waals surface area contributed by atoms with Gasteiger partial charge in [0.15, 0.2) is 5.58 Å². The number of ether oxygens (including phenoxy) is 1. The standard InChI is InChI=1S/C19H22N4O4S/c1-13-10-14(2)21-19(20-13)26-15-6-5-9-23(11-15)28(24,25)12-17-16-7-3-4-8-18(16)27-22-17/h3-4,7-8,10,15H,5-6,9,11-12H2,1-2H3. The Hall–Kier alpha value is -2.52. The lowest BCUT2D eigenvalue weighted by molar-refractivity contribution is 0.118. The second kappa shape index (κ2) is 7.48. The van der Waals surface area contributed by atoms with E-state index in [1.54, 1.807) is 6.07 Å². The molecule has 0 amide bonds. The number of aromatic nitrogens is 3. The fourth-order valence-electron chi connectivity index (χ4n) is 3.46. The van der Waals surface area contributed by atoms with E-state index in [4.69, 9.17) is 9.26 Å². The van der Waals surface area contributed by atoms with Crippen LogP contribution in [0.4, 0.5) is 0 Å². The first-order valence-electron chi connectivity index (χ1n) is 9.21. The molecule has 0 spiro atoms. The maximum Gasteiger partial charge on any atom is 0.317 e. The lowest BCUT2D eigenvalue weighted by Crippen LogP contribution is -2.45. The molecule has 4 rings (SSSR count). The molecule has 1 fully saturated rings. The Labute approximate surface area is 163 Å². The van der Waals surface area contributed by atoms with Gasteiger partial charge in [0.2, 0.25) is 10.0 Å². The Morgan fingerprint density at radius 3 is 2.75 bits per heavy atom. The van der Waals surface area contributed by atoms with Gasteiger partial charge in [-0.25, -0.2) is 18.4 Å². The summed E-state index contributed by atoms with van der Waals surface area (Å²) in [5.41, 5.74) is 2.65. The molecule has 3 aromatic rings. The van der Waals surface area contributed by atoms with Gasteiger partial charge in [0, 0.05) is 23.3 Å². The maximum atomic E-state index is 13.0. The second-order valence-corrected chi connectivity index (χ2v) is 9.02. The molecule has 0 saturated carbocycles. The number of rotatable bonds is 5. The van der Waals surface area contributed by atoms with Gasteiger partial charge in [0.25, 0.3) is 0 Å². The second-order valence-electron chi connectivity index (χ2n) is 7.06. The molecule has 1 saturated heterocycles. The van der Waals surface area contributed by atoms with E-state index < -0.39 is 10.0 Å². The fourth-order valence-corrected chi connectivity index (χ4v) is 4.99. The van der Waals surface area contributed by atoms with Gasteiger partial charge in [-0.05, 0) is 44.9 Å². The summed E-state index contributed by atoms with van der Waals surface area (Å²) in [7, 11) is -3.55. The highest BCUT2D eigenvalue weighted by Crippen LogP contribution is 2.24. The molecule has 0 N–H and O–H groups in total. The van der Waals surface area contributed by atoms with Gasteiger partial charge in [-0.2, -0.15) is 4.31 Å². The number of piperidine rings is 1. The predicted octanol–water partition coefficient (Wildman–Crippen LogP) is 2.61. The molecular formula is C19H22N4O4S. The van der Waals surface area contributed by atoms with Crippen molar-refractivity contribution in [1.82, 2.24) is 19.4 Å². The van der Waals surface area contributed by atoms with Crippen LogP contribution in [0, 0.1) is 13.8 Å². The Morgan fingerprint density at radius 2 is 1.96 bits per heavy atom. The minimum absolute atomic E-state index is 0.198. The zero-order valence-electron chi connectivity index (χ0n) is 15.8. The van der Waals surface area contributed by atoms with Gasteiger partial charge in [0.1, 0.15) is 17.6 Å². The third-order valence-electron chi connectivity index (χ3n) is 4.74. The molecule has 148 valence electrons. The van der Waals surface area contributed by atoms with Crippen molar-refractivity contribution in [1.29, 1.82) is 0 Å². The monoisotopic (exact) mass is 402 g/mol. The minimum atomic E-state index is -3.55.